The number of rotatable bonds is 7. The van der Waals surface area contributed by atoms with E-state index >= 15 is 0 Å². The molecule has 1 amide bonds. The lowest BCUT2D eigenvalue weighted by Gasteiger charge is -2.18. The molecule has 0 aliphatic carbocycles. The second kappa shape index (κ2) is 8.17. The standard InChI is InChI=1S/C15H21BrN2O2/c1-17(2)15(20)11-18(3)10-4-5-14(19)12-6-8-13(16)9-7-12/h6-9H,4-5,10-11H2,1-3H3. The van der Waals surface area contributed by atoms with Gasteiger partial charge in [0.25, 0.3) is 0 Å². The zero-order valence-electron chi connectivity index (χ0n) is 12.2. The van der Waals surface area contributed by atoms with Crippen molar-refractivity contribution < 1.29 is 9.59 Å². The van der Waals surface area contributed by atoms with E-state index < -0.39 is 0 Å². The Labute approximate surface area is 128 Å². The van der Waals surface area contributed by atoms with Crippen molar-refractivity contribution >= 4 is 27.6 Å². The maximum Gasteiger partial charge on any atom is 0.236 e. The van der Waals surface area contributed by atoms with Crippen molar-refractivity contribution in [2.75, 3.05) is 34.2 Å². The molecule has 4 nitrogen and oxygen atoms in total. The first-order chi connectivity index (χ1) is 9.40. The van der Waals surface area contributed by atoms with Crippen molar-refractivity contribution in [3.63, 3.8) is 0 Å². The van der Waals surface area contributed by atoms with Gasteiger partial charge in [-0.2, -0.15) is 0 Å². The SMILES string of the molecule is CN(CCCC(=O)c1ccc(Br)cc1)CC(=O)N(C)C. The van der Waals surface area contributed by atoms with Gasteiger partial charge >= 0.3 is 0 Å². The molecule has 0 radical (unpaired) electrons. The summed E-state index contributed by atoms with van der Waals surface area (Å²) >= 11 is 3.35. The van der Waals surface area contributed by atoms with Gasteiger partial charge in [0.15, 0.2) is 5.78 Å². The lowest BCUT2D eigenvalue weighted by Crippen LogP contribution is -2.34. The van der Waals surface area contributed by atoms with Gasteiger partial charge in [0, 0.05) is 30.6 Å². The molecule has 1 aromatic rings. The number of carbonyl (C=O) groups excluding carboxylic acids is 2. The van der Waals surface area contributed by atoms with Crippen LogP contribution in [0.2, 0.25) is 0 Å². The number of likely N-dealkylation sites (N-methyl/N-ethyl adjacent to an activating group) is 2. The molecular formula is C15H21BrN2O2. The molecular weight excluding hydrogens is 320 g/mol. The third kappa shape index (κ3) is 5.84. The van der Waals surface area contributed by atoms with Gasteiger partial charge in [-0.1, -0.05) is 28.1 Å². The van der Waals surface area contributed by atoms with Crippen molar-refractivity contribution in [3.05, 3.63) is 34.3 Å². The van der Waals surface area contributed by atoms with Crippen LogP contribution in [0.25, 0.3) is 0 Å². The summed E-state index contributed by atoms with van der Waals surface area (Å²) in [5.41, 5.74) is 0.736. The highest BCUT2D eigenvalue weighted by molar-refractivity contribution is 9.10. The minimum Gasteiger partial charge on any atom is -0.348 e. The predicted molar refractivity (Wildman–Crippen MR) is 83.9 cm³/mol. The minimum absolute atomic E-state index is 0.0757. The Bertz CT molecular complexity index is 457. The summed E-state index contributed by atoms with van der Waals surface area (Å²) in [4.78, 5) is 27.0. The fraction of sp³-hybridized carbons (Fsp3) is 0.467. The molecule has 0 unspecified atom stereocenters. The molecule has 0 atom stereocenters. The number of hydrogen-bond donors (Lipinski definition) is 0. The quantitative estimate of drug-likeness (QED) is 0.716. The summed E-state index contributed by atoms with van der Waals surface area (Å²) in [6, 6.07) is 7.39. The van der Waals surface area contributed by atoms with Crippen molar-refractivity contribution in [3.8, 4) is 0 Å². The van der Waals surface area contributed by atoms with Gasteiger partial charge in [0.1, 0.15) is 0 Å². The van der Waals surface area contributed by atoms with Gasteiger partial charge in [0.05, 0.1) is 6.54 Å². The van der Waals surface area contributed by atoms with Crippen LogP contribution in [0.15, 0.2) is 28.7 Å². The molecule has 5 heteroatoms. The van der Waals surface area contributed by atoms with Crippen molar-refractivity contribution in [1.29, 1.82) is 0 Å². The highest BCUT2D eigenvalue weighted by atomic mass is 79.9. The number of halogens is 1. The lowest BCUT2D eigenvalue weighted by atomic mass is 10.1. The van der Waals surface area contributed by atoms with E-state index in [1.807, 2.05) is 36.2 Å². The van der Waals surface area contributed by atoms with E-state index in [0.717, 1.165) is 23.0 Å². The summed E-state index contributed by atoms with van der Waals surface area (Å²) in [6.45, 7) is 1.13. The molecule has 0 spiro atoms. The van der Waals surface area contributed by atoms with Crippen LogP contribution in [0.1, 0.15) is 23.2 Å². The second-order valence-corrected chi connectivity index (χ2v) is 5.98. The zero-order chi connectivity index (χ0) is 15.1. The van der Waals surface area contributed by atoms with Crippen LogP contribution in [0.4, 0.5) is 0 Å². The number of amides is 1. The van der Waals surface area contributed by atoms with Gasteiger partial charge in [0.2, 0.25) is 5.91 Å². The third-order valence-electron chi connectivity index (χ3n) is 3.01. The first-order valence-electron chi connectivity index (χ1n) is 6.57. The molecule has 1 aromatic carbocycles. The summed E-state index contributed by atoms with van der Waals surface area (Å²) < 4.78 is 0.969. The van der Waals surface area contributed by atoms with E-state index in [1.165, 1.54) is 0 Å². The molecule has 0 bridgehead atoms. The number of ketones is 1. The van der Waals surface area contributed by atoms with Gasteiger partial charge < -0.3 is 4.90 Å². The monoisotopic (exact) mass is 340 g/mol. The minimum atomic E-state index is 0.0757. The highest BCUT2D eigenvalue weighted by Crippen LogP contribution is 2.12. The largest absolute Gasteiger partial charge is 0.348 e. The second-order valence-electron chi connectivity index (χ2n) is 5.06. The first kappa shape index (κ1) is 16.9. The normalized spacial score (nSPS) is 10.7. The number of nitrogens with zero attached hydrogens (tertiary/aromatic N) is 2. The van der Waals surface area contributed by atoms with Crippen molar-refractivity contribution in [2.45, 2.75) is 12.8 Å². The molecule has 0 aromatic heterocycles. The molecule has 0 heterocycles. The number of Topliss-reactive ketones (excluding diaryl/α,β-unsaturated/α-hetero) is 1. The van der Waals surface area contributed by atoms with E-state index in [9.17, 15) is 9.59 Å². The van der Waals surface area contributed by atoms with Crippen molar-refractivity contribution in [2.24, 2.45) is 0 Å². The van der Waals surface area contributed by atoms with Crippen LogP contribution in [-0.4, -0.2) is 55.7 Å². The summed E-state index contributed by atoms with van der Waals surface area (Å²) in [5.74, 6) is 0.219. The average Bonchev–Trinajstić information content (AvgIpc) is 2.39. The Hall–Kier alpha value is -1.20. The maximum absolute atomic E-state index is 12.0. The van der Waals surface area contributed by atoms with Crippen LogP contribution in [-0.2, 0) is 4.79 Å². The van der Waals surface area contributed by atoms with E-state index in [1.54, 1.807) is 19.0 Å². The molecule has 1 rings (SSSR count). The Morgan fingerprint density at radius 3 is 2.25 bits per heavy atom. The van der Waals surface area contributed by atoms with Crippen LogP contribution in [0.5, 0.6) is 0 Å². The number of hydrogen-bond acceptors (Lipinski definition) is 3. The Balaban J connectivity index is 2.31. The summed E-state index contributed by atoms with van der Waals surface area (Å²) in [5, 5.41) is 0. The van der Waals surface area contributed by atoms with E-state index in [2.05, 4.69) is 15.9 Å². The Kier molecular flexibility index (Phi) is 6.88. The molecule has 110 valence electrons. The average molecular weight is 341 g/mol. The van der Waals surface area contributed by atoms with E-state index in [0.29, 0.717) is 13.0 Å². The van der Waals surface area contributed by atoms with Crippen LogP contribution in [0, 0.1) is 0 Å². The van der Waals surface area contributed by atoms with E-state index in [-0.39, 0.29) is 11.7 Å². The summed E-state index contributed by atoms with van der Waals surface area (Å²) in [7, 11) is 5.38. The molecule has 0 aliphatic rings. The van der Waals surface area contributed by atoms with Gasteiger partial charge in [-0.25, -0.2) is 0 Å². The van der Waals surface area contributed by atoms with Crippen molar-refractivity contribution in [1.82, 2.24) is 9.80 Å². The van der Waals surface area contributed by atoms with Gasteiger partial charge in [-0.15, -0.1) is 0 Å². The van der Waals surface area contributed by atoms with Gasteiger partial charge in [-0.3, -0.25) is 14.5 Å². The first-order valence-corrected chi connectivity index (χ1v) is 7.37. The third-order valence-corrected chi connectivity index (χ3v) is 3.54. The smallest absolute Gasteiger partial charge is 0.236 e. The van der Waals surface area contributed by atoms with Crippen LogP contribution < -0.4 is 0 Å². The maximum atomic E-state index is 12.0. The molecule has 0 N–H and O–H groups in total. The number of benzene rings is 1. The Morgan fingerprint density at radius 1 is 1.10 bits per heavy atom. The van der Waals surface area contributed by atoms with E-state index in [4.69, 9.17) is 0 Å². The zero-order valence-corrected chi connectivity index (χ0v) is 13.8. The fourth-order valence-electron chi connectivity index (χ4n) is 1.74. The van der Waals surface area contributed by atoms with Gasteiger partial charge in [-0.05, 0) is 32.1 Å². The fourth-order valence-corrected chi connectivity index (χ4v) is 2.01. The topological polar surface area (TPSA) is 40.6 Å². The molecule has 0 saturated heterocycles. The lowest BCUT2D eigenvalue weighted by molar-refractivity contribution is -0.129. The Morgan fingerprint density at radius 2 is 1.70 bits per heavy atom. The summed E-state index contributed by atoms with van der Waals surface area (Å²) in [6.07, 6.45) is 1.26. The van der Waals surface area contributed by atoms with Crippen LogP contribution >= 0.6 is 15.9 Å². The molecule has 20 heavy (non-hydrogen) atoms. The molecule has 0 saturated carbocycles. The predicted octanol–water partition coefficient (Wildman–Crippen LogP) is 2.43. The molecule has 0 fully saturated rings. The molecule has 0 aliphatic heterocycles. The van der Waals surface area contributed by atoms with Crippen LogP contribution in [0.3, 0.4) is 0 Å². The number of carbonyl (C=O) groups is 2. The highest BCUT2D eigenvalue weighted by Gasteiger charge is 2.10.